The number of rotatable bonds is 4. The third-order valence-corrected chi connectivity index (χ3v) is 3.10. The molecule has 1 heterocycles. The normalized spacial score (nSPS) is 10.1. The Morgan fingerprint density at radius 3 is 2.80 bits per heavy atom. The molecule has 20 heavy (non-hydrogen) atoms. The Kier molecular flexibility index (Phi) is 4.31. The zero-order chi connectivity index (χ0) is 14.5. The summed E-state index contributed by atoms with van der Waals surface area (Å²) in [6.07, 6.45) is 0. The summed E-state index contributed by atoms with van der Waals surface area (Å²) in [5.74, 6) is -0.907. The lowest BCUT2D eigenvalue weighted by molar-refractivity contribution is 0.0527. The first-order valence-electron chi connectivity index (χ1n) is 5.90. The summed E-state index contributed by atoms with van der Waals surface area (Å²) < 4.78 is 4.94. The van der Waals surface area contributed by atoms with Crippen LogP contribution in [0.2, 0.25) is 0 Å². The molecule has 0 radical (unpaired) electrons. The second-order valence-corrected chi connectivity index (χ2v) is 4.68. The van der Waals surface area contributed by atoms with Crippen LogP contribution in [0.1, 0.15) is 27.8 Å². The Balaban J connectivity index is 2.21. The predicted molar refractivity (Wildman–Crippen MR) is 76.9 cm³/mol. The molecule has 1 aromatic heterocycles. The number of ether oxygens (including phenoxy) is 1. The highest BCUT2D eigenvalue weighted by atomic mass is 32.1. The molecule has 0 spiro atoms. The molecule has 0 fully saturated rings. The Morgan fingerprint density at radius 1 is 1.40 bits per heavy atom. The molecule has 0 unspecified atom stereocenters. The van der Waals surface area contributed by atoms with Gasteiger partial charge in [-0.05, 0) is 19.1 Å². The van der Waals surface area contributed by atoms with E-state index in [1.54, 1.807) is 36.6 Å². The third-order valence-electron chi connectivity index (χ3n) is 2.43. The standard InChI is InChI=1S/C13H13N3O3S/c1-2-19-12(18)8-5-3-4-6-9(8)15-11(17)10-7-20-13(14)16-10/h3-7H,2H2,1H3,(H2,14,16)(H,15,17). The van der Waals surface area contributed by atoms with Crippen molar-refractivity contribution in [3.8, 4) is 0 Å². The Bertz CT molecular complexity index is 639. The smallest absolute Gasteiger partial charge is 0.340 e. The minimum Gasteiger partial charge on any atom is -0.462 e. The lowest BCUT2D eigenvalue weighted by atomic mass is 10.1. The number of thiazole rings is 1. The third kappa shape index (κ3) is 3.12. The zero-order valence-electron chi connectivity index (χ0n) is 10.8. The van der Waals surface area contributed by atoms with Crippen molar-refractivity contribution in [3.63, 3.8) is 0 Å². The van der Waals surface area contributed by atoms with Crippen LogP contribution in [-0.2, 0) is 4.74 Å². The maximum absolute atomic E-state index is 12.0. The highest BCUT2D eigenvalue weighted by molar-refractivity contribution is 7.13. The van der Waals surface area contributed by atoms with Gasteiger partial charge in [-0.15, -0.1) is 11.3 Å². The number of para-hydroxylation sites is 1. The van der Waals surface area contributed by atoms with Gasteiger partial charge in [0.25, 0.3) is 5.91 Å². The summed E-state index contributed by atoms with van der Waals surface area (Å²) in [5, 5.41) is 4.50. The van der Waals surface area contributed by atoms with E-state index < -0.39 is 11.9 Å². The fourth-order valence-electron chi connectivity index (χ4n) is 1.56. The van der Waals surface area contributed by atoms with Gasteiger partial charge in [0.05, 0.1) is 17.9 Å². The van der Waals surface area contributed by atoms with E-state index in [1.807, 2.05) is 0 Å². The van der Waals surface area contributed by atoms with E-state index in [4.69, 9.17) is 10.5 Å². The van der Waals surface area contributed by atoms with Gasteiger partial charge in [0, 0.05) is 5.38 Å². The molecular weight excluding hydrogens is 278 g/mol. The van der Waals surface area contributed by atoms with Crippen molar-refractivity contribution in [3.05, 3.63) is 40.9 Å². The highest BCUT2D eigenvalue weighted by Crippen LogP contribution is 2.18. The first kappa shape index (κ1) is 14.0. The van der Waals surface area contributed by atoms with Crippen LogP contribution in [-0.4, -0.2) is 23.5 Å². The van der Waals surface area contributed by atoms with Gasteiger partial charge in [-0.25, -0.2) is 9.78 Å². The monoisotopic (exact) mass is 291 g/mol. The van der Waals surface area contributed by atoms with Gasteiger partial charge in [0.2, 0.25) is 0 Å². The van der Waals surface area contributed by atoms with E-state index in [0.717, 1.165) is 0 Å². The fraction of sp³-hybridized carbons (Fsp3) is 0.154. The van der Waals surface area contributed by atoms with Gasteiger partial charge in [-0.3, -0.25) is 4.79 Å². The molecule has 6 nitrogen and oxygen atoms in total. The van der Waals surface area contributed by atoms with E-state index in [0.29, 0.717) is 16.4 Å². The van der Waals surface area contributed by atoms with Gasteiger partial charge in [0.15, 0.2) is 5.13 Å². The van der Waals surface area contributed by atoms with Crippen LogP contribution in [0.15, 0.2) is 29.6 Å². The van der Waals surface area contributed by atoms with E-state index >= 15 is 0 Å². The van der Waals surface area contributed by atoms with Gasteiger partial charge < -0.3 is 15.8 Å². The zero-order valence-corrected chi connectivity index (χ0v) is 11.6. The average molecular weight is 291 g/mol. The number of esters is 1. The van der Waals surface area contributed by atoms with E-state index in [2.05, 4.69) is 10.3 Å². The summed E-state index contributed by atoms with van der Waals surface area (Å²) in [6, 6.07) is 6.62. The van der Waals surface area contributed by atoms with E-state index in [1.165, 1.54) is 11.3 Å². The first-order chi connectivity index (χ1) is 9.61. The highest BCUT2D eigenvalue weighted by Gasteiger charge is 2.16. The van der Waals surface area contributed by atoms with Crippen LogP contribution in [0.4, 0.5) is 10.8 Å². The molecule has 0 aliphatic carbocycles. The van der Waals surface area contributed by atoms with Crippen LogP contribution < -0.4 is 11.1 Å². The molecule has 0 bridgehead atoms. The molecule has 2 rings (SSSR count). The first-order valence-corrected chi connectivity index (χ1v) is 6.78. The van der Waals surface area contributed by atoms with Crippen molar-refractivity contribution in [2.24, 2.45) is 0 Å². The minimum atomic E-state index is -0.485. The SMILES string of the molecule is CCOC(=O)c1ccccc1NC(=O)c1csc(N)n1. The number of hydrogen-bond acceptors (Lipinski definition) is 6. The summed E-state index contributed by atoms with van der Waals surface area (Å²) in [6.45, 7) is 1.99. The van der Waals surface area contributed by atoms with Crippen LogP contribution in [0.3, 0.4) is 0 Å². The molecule has 1 amide bonds. The second kappa shape index (κ2) is 6.16. The largest absolute Gasteiger partial charge is 0.462 e. The van der Waals surface area contributed by atoms with Crippen molar-refractivity contribution in [1.82, 2.24) is 4.98 Å². The number of aromatic nitrogens is 1. The summed E-state index contributed by atoms with van der Waals surface area (Å²) >= 11 is 1.18. The molecule has 0 saturated heterocycles. The number of nitrogens with two attached hydrogens (primary N) is 1. The Hall–Kier alpha value is -2.41. The number of amides is 1. The number of nitrogens with one attached hydrogen (secondary N) is 1. The number of hydrogen-bond donors (Lipinski definition) is 2. The molecule has 2 aromatic rings. The lowest BCUT2D eigenvalue weighted by Gasteiger charge is -2.09. The maximum Gasteiger partial charge on any atom is 0.340 e. The van der Waals surface area contributed by atoms with Crippen molar-refractivity contribution < 1.29 is 14.3 Å². The Morgan fingerprint density at radius 2 is 2.15 bits per heavy atom. The topological polar surface area (TPSA) is 94.3 Å². The van der Waals surface area contributed by atoms with Crippen molar-refractivity contribution >= 4 is 34.0 Å². The molecule has 3 N–H and O–H groups in total. The molecule has 104 valence electrons. The quantitative estimate of drug-likeness (QED) is 0.842. The predicted octanol–water partition coefficient (Wildman–Crippen LogP) is 2.15. The second-order valence-electron chi connectivity index (χ2n) is 3.79. The van der Waals surface area contributed by atoms with Crippen molar-refractivity contribution in [1.29, 1.82) is 0 Å². The number of nitrogen functional groups attached to an aromatic ring is 1. The van der Waals surface area contributed by atoms with Gasteiger partial charge in [0.1, 0.15) is 5.69 Å². The van der Waals surface area contributed by atoms with Crippen LogP contribution in [0.5, 0.6) is 0 Å². The number of nitrogens with zero attached hydrogens (tertiary/aromatic N) is 1. The van der Waals surface area contributed by atoms with E-state index in [-0.39, 0.29) is 12.3 Å². The Labute approximate surface area is 119 Å². The molecule has 0 atom stereocenters. The van der Waals surface area contributed by atoms with Gasteiger partial charge in [-0.1, -0.05) is 12.1 Å². The van der Waals surface area contributed by atoms with Crippen molar-refractivity contribution in [2.75, 3.05) is 17.7 Å². The summed E-state index contributed by atoms with van der Waals surface area (Å²) in [5.41, 5.74) is 6.37. The van der Waals surface area contributed by atoms with E-state index in [9.17, 15) is 9.59 Å². The minimum absolute atomic E-state index is 0.214. The number of anilines is 2. The molecule has 0 aliphatic rings. The summed E-state index contributed by atoms with van der Waals surface area (Å²) in [7, 11) is 0. The lowest BCUT2D eigenvalue weighted by Crippen LogP contribution is -2.16. The maximum atomic E-state index is 12.0. The van der Waals surface area contributed by atoms with Crippen LogP contribution in [0.25, 0.3) is 0 Å². The molecular formula is C13H13N3O3S. The molecule has 0 aliphatic heterocycles. The summed E-state index contributed by atoms with van der Waals surface area (Å²) in [4.78, 5) is 27.7. The molecule has 0 saturated carbocycles. The van der Waals surface area contributed by atoms with Crippen LogP contribution >= 0.6 is 11.3 Å². The molecule has 7 heteroatoms. The number of carbonyl (C=O) groups is 2. The number of benzene rings is 1. The van der Waals surface area contributed by atoms with Crippen LogP contribution in [0, 0.1) is 0 Å². The number of carbonyl (C=O) groups excluding carboxylic acids is 2. The fourth-order valence-corrected chi connectivity index (χ4v) is 2.10. The van der Waals surface area contributed by atoms with Crippen molar-refractivity contribution in [2.45, 2.75) is 6.92 Å². The average Bonchev–Trinajstić information content (AvgIpc) is 2.86. The molecule has 1 aromatic carbocycles. The van der Waals surface area contributed by atoms with Gasteiger partial charge in [-0.2, -0.15) is 0 Å². The van der Waals surface area contributed by atoms with Gasteiger partial charge >= 0.3 is 5.97 Å².